The SMILES string of the molecule is CC1CCC(Nc2ccc(SC(C)C)cc2-c2cn(C)c(=O)c3[nH]ccc23)CC1. The number of rotatable bonds is 5. The fourth-order valence-electron chi connectivity index (χ4n) is 4.33. The Bertz CT molecular complexity index is 1060. The number of hydrogen-bond acceptors (Lipinski definition) is 3. The lowest BCUT2D eigenvalue weighted by Gasteiger charge is -2.29. The summed E-state index contributed by atoms with van der Waals surface area (Å²) in [6, 6.07) is 9.26. The molecule has 3 aromatic rings. The summed E-state index contributed by atoms with van der Waals surface area (Å²) in [5, 5.41) is 5.34. The van der Waals surface area contributed by atoms with Crippen LogP contribution in [0.3, 0.4) is 0 Å². The molecular weight excluding hydrogens is 378 g/mol. The van der Waals surface area contributed by atoms with Gasteiger partial charge in [0.05, 0.1) is 0 Å². The van der Waals surface area contributed by atoms with E-state index in [0.29, 0.717) is 16.8 Å². The lowest BCUT2D eigenvalue weighted by molar-refractivity contribution is 0.361. The predicted octanol–water partition coefficient (Wildman–Crippen LogP) is 6.02. The van der Waals surface area contributed by atoms with Crippen LogP contribution in [0.25, 0.3) is 22.0 Å². The van der Waals surface area contributed by atoms with Crippen molar-refractivity contribution in [3.63, 3.8) is 0 Å². The van der Waals surface area contributed by atoms with Gasteiger partial charge in [0.15, 0.2) is 0 Å². The Hall–Kier alpha value is -2.14. The average molecular weight is 410 g/mol. The van der Waals surface area contributed by atoms with Crippen LogP contribution in [-0.2, 0) is 7.05 Å². The van der Waals surface area contributed by atoms with Crippen molar-refractivity contribution in [1.29, 1.82) is 0 Å². The van der Waals surface area contributed by atoms with Gasteiger partial charge in [-0.1, -0.05) is 20.8 Å². The molecule has 0 bridgehead atoms. The van der Waals surface area contributed by atoms with Crippen LogP contribution in [-0.4, -0.2) is 20.8 Å². The highest BCUT2D eigenvalue weighted by Gasteiger charge is 2.20. The minimum Gasteiger partial charge on any atom is -0.382 e. The smallest absolute Gasteiger partial charge is 0.274 e. The molecule has 1 saturated carbocycles. The van der Waals surface area contributed by atoms with Crippen molar-refractivity contribution in [1.82, 2.24) is 9.55 Å². The maximum atomic E-state index is 12.5. The first-order chi connectivity index (χ1) is 13.9. The highest BCUT2D eigenvalue weighted by atomic mass is 32.2. The standard InChI is InChI=1S/C24H31N3OS/c1-15(2)29-18-9-10-22(26-17-7-5-16(3)6-8-17)20(13-18)21-14-27(4)24(28)23-19(21)11-12-25-23/h9-17,25-26H,5-8H2,1-4H3. The molecule has 1 aromatic carbocycles. The fourth-order valence-corrected chi connectivity index (χ4v) is 5.20. The van der Waals surface area contributed by atoms with Crippen LogP contribution in [0.15, 0.2) is 46.3 Å². The lowest BCUT2D eigenvalue weighted by atomic mass is 9.87. The van der Waals surface area contributed by atoms with Gasteiger partial charge < -0.3 is 14.9 Å². The first-order valence-electron chi connectivity index (χ1n) is 10.7. The van der Waals surface area contributed by atoms with Crippen molar-refractivity contribution in [3.8, 4) is 11.1 Å². The van der Waals surface area contributed by atoms with Crippen molar-refractivity contribution in [2.75, 3.05) is 5.32 Å². The summed E-state index contributed by atoms with van der Waals surface area (Å²) in [5.41, 5.74) is 4.12. The zero-order valence-electron chi connectivity index (χ0n) is 17.8. The van der Waals surface area contributed by atoms with Gasteiger partial charge in [0, 0.05) is 57.8 Å². The van der Waals surface area contributed by atoms with Crippen LogP contribution in [0, 0.1) is 5.92 Å². The maximum absolute atomic E-state index is 12.5. The second-order valence-electron chi connectivity index (χ2n) is 8.70. The molecule has 0 saturated heterocycles. The third-order valence-electron chi connectivity index (χ3n) is 5.92. The zero-order valence-corrected chi connectivity index (χ0v) is 18.6. The van der Waals surface area contributed by atoms with Gasteiger partial charge in [-0.05, 0) is 55.9 Å². The molecule has 4 rings (SSSR count). The van der Waals surface area contributed by atoms with Gasteiger partial charge in [0.1, 0.15) is 5.52 Å². The molecule has 1 aliphatic rings. The number of pyridine rings is 1. The third kappa shape index (κ3) is 4.25. The van der Waals surface area contributed by atoms with Crippen LogP contribution < -0.4 is 10.9 Å². The van der Waals surface area contributed by atoms with E-state index in [0.717, 1.165) is 16.9 Å². The molecule has 2 heterocycles. The predicted molar refractivity (Wildman–Crippen MR) is 125 cm³/mol. The summed E-state index contributed by atoms with van der Waals surface area (Å²) in [6.45, 7) is 6.79. The molecule has 29 heavy (non-hydrogen) atoms. The van der Waals surface area contributed by atoms with Crippen LogP contribution in [0.5, 0.6) is 0 Å². The van der Waals surface area contributed by atoms with Crippen LogP contribution in [0.4, 0.5) is 5.69 Å². The van der Waals surface area contributed by atoms with E-state index >= 15 is 0 Å². The number of nitrogens with one attached hydrogen (secondary N) is 2. The molecule has 4 nitrogen and oxygen atoms in total. The molecule has 1 fully saturated rings. The number of aromatic amines is 1. The molecule has 0 aliphatic heterocycles. The minimum absolute atomic E-state index is 0.0113. The van der Waals surface area contributed by atoms with E-state index in [1.165, 1.54) is 41.8 Å². The monoisotopic (exact) mass is 409 g/mol. The van der Waals surface area contributed by atoms with E-state index in [1.807, 2.05) is 37.3 Å². The van der Waals surface area contributed by atoms with E-state index in [4.69, 9.17) is 0 Å². The summed E-state index contributed by atoms with van der Waals surface area (Å²) in [6.07, 6.45) is 8.85. The van der Waals surface area contributed by atoms with E-state index in [-0.39, 0.29) is 5.56 Å². The van der Waals surface area contributed by atoms with E-state index in [2.05, 4.69) is 49.3 Å². The lowest BCUT2D eigenvalue weighted by Crippen LogP contribution is -2.25. The Morgan fingerprint density at radius 1 is 1.14 bits per heavy atom. The molecule has 1 aliphatic carbocycles. The third-order valence-corrected chi connectivity index (χ3v) is 6.92. The molecule has 0 radical (unpaired) electrons. The molecule has 0 spiro atoms. The average Bonchev–Trinajstić information content (AvgIpc) is 3.17. The Morgan fingerprint density at radius 3 is 2.62 bits per heavy atom. The topological polar surface area (TPSA) is 49.8 Å². The molecule has 0 unspecified atom stereocenters. The molecular formula is C24H31N3OS. The van der Waals surface area contributed by atoms with E-state index in [9.17, 15) is 4.79 Å². The number of thioether (sulfide) groups is 1. The number of aromatic nitrogens is 2. The molecule has 5 heteroatoms. The van der Waals surface area contributed by atoms with Crippen LogP contribution in [0.2, 0.25) is 0 Å². The van der Waals surface area contributed by atoms with Crippen molar-refractivity contribution in [3.05, 3.63) is 47.0 Å². The number of benzene rings is 1. The minimum atomic E-state index is 0.0113. The van der Waals surface area contributed by atoms with Crippen molar-refractivity contribution < 1.29 is 0 Å². The first-order valence-corrected chi connectivity index (χ1v) is 11.5. The van der Waals surface area contributed by atoms with Crippen LogP contribution >= 0.6 is 11.8 Å². The zero-order chi connectivity index (χ0) is 20.5. The highest BCUT2D eigenvalue weighted by Crippen LogP contribution is 2.38. The molecule has 2 N–H and O–H groups in total. The van der Waals surface area contributed by atoms with Gasteiger partial charge in [-0.15, -0.1) is 11.8 Å². The largest absolute Gasteiger partial charge is 0.382 e. The number of nitrogens with zero attached hydrogens (tertiary/aromatic N) is 1. The first kappa shape index (κ1) is 20.1. The second kappa shape index (κ2) is 8.31. The Balaban J connectivity index is 1.80. The van der Waals surface area contributed by atoms with E-state index < -0.39 is 0 Å². The van der Waals surface area contributed by atoms with Gasteiger partial charge >= 0.3 is 0 Å². The summed E-state index contributed by atoms with van der Waals surface area (Å²) in [5.74, 6) is 0.834. The van der Waals surface area contributed by atoms with Gasteiger partial charge in [0.2, 0.25) is 0 Å². The quantitative estimate of drug-likeness (QED) is 0.506. The van der Waals surface area contributed by atoms with Gasteiger partial charge in [-0.25, -0.2) is 0 Å². The molecule has 0 atom stereocenters. The summed E-state index contributed by atoms with van der Waals surface area (Å²) in [4.78, 5) is 16.9. The number of hydrogen-bond donors (Lipinski definition) is 2. The highest BCUT2D eigenvalue weighted by molar-refractivity contribution is 7.99. The second-order valence-corrected chi connectivity index (χ2v) is 10.4. The Labute approximate surface area is 177 Å². The molecule has 2 aromatic heterocycles. The normalized spacial score (nSPS) is 19.8. The van der Waals surface area contributed by atoms with E-state index in [1.54, 1.807) is 4.57 Å². The Morgan fingerprint density at radius 2 is 1.90 bits per heavy atom. The molecule has 0 amide bonds. The van der Waals surface area contributed by atoms with Gasteiger partial charge in [0.25, 0.3) is 5.56 Å². The summed E-state index contributed by atoms with van der Waals surface area (Å²) >= 11 is 1.87. The van der Waals surface area contributed by atoms with Crippen LogP contribution in [0.1, 0.15) is 46.5 Å². The number of aryl methyl sites for hydroxylation is 1. The van der Waals surface area contributed by atoms with Crippen molar-refractivity contribution in [2.24, 2.45) is 13.0 Å². The van der Waals surface area contributed by atoms with Crippen molar-refractivity contribution >= 4 is 28.4 Å². The maximum Gasteiger partial charge on any atom is 0.274 e. The number of anilines is 1. The number of H-pyrrole nitrogens is 1. The van der Waals surface area contributed by atoms with Gasteiger partial charge in [-0.3, -0.25) is 4.79 Å². The summed E-state index contributed by atoms with van der Waals surface area (Å²) in [7, 11) is 1.83. The Kier molecular flexibility index (Phi) is 5.77. The molecule has 154 valence electrons. The summed E-state index contributed by atoms with van der Waals surface area (Å²) < 4.78 is 1.68. The van der Waals surface area contributed by atoms with Gasteiger partial charge in [-0.2, -0.15) is 0 Å². The van der Waals surface area contributed by atoms with Crippen molar-refractivity contribution in [2.45, 2.75) is 62.6 Å². The number of fused-ring (bicyclic) bond motifs is 1. The fraction of sp³-hybridized carbons (Fsp3) is 0.458.